The summed E-state index contributed by atoms with van der Waals surface area (Å²) in [5.41, 5.74) is 4.71. The van der Waals surface area contributed by atoms with Gasteiger partial charge < -0.3 is 4.90 Å². The average molecular weight is 396 g/mol. The van der Waals surface area contributed by atoms with Gasteiger partial charge in [0.1, 0.15) is 0 Å². The van der Waals surface area contributed by atoms with Crippen LogP contribution in [0, 0.1) is 6.92 Å². The van der Waals surface area contributed by atoms with Crippen LogP contribution in [-0.2, 0) is 6.54 Å². The van der Waals surface area contributed by atoms with Crippen LogP contribution in [0.4, 0.5) is 5.69 Å². The van der Waals surface area contributed by atoms with Gasteiger partial charge in [-0.25, -0.2) is 4.68 Å². The Bertz CT molecular complexity index is 915. The molecule has 146 valence electrons. The lowest BCUT2D eigenvalue weighted by Gasteiger charge is -2.36. The van der Waals surface area contributed by atoms with Gasteiger partial charge in [0.15, 0.2) is 0 Å². The molecule has 1 aliphatic rings. The predicted octanol–water partition coefficient (Wildman–Crippen LogP) is 4.12. The van der Waals surface area contributed by atoms with Gasteiger partial charge in [0.2, 0.25) is 0 Å². The van der Waals surface area contributed by atoms with E-state index >= 15 is 0 Å². The number of piperazine rings is 1. The van der Waals surface area contributed by atoms with Crippen molar-refractivity contribution in [3.63, 3.8) is 0 Å². The lowest BCUT2D eigenvalue weighted by molar-refractivity contribution is 0.249. The molecule has 5 nitrogen and oxygen atoms in total. The quantitative estimate of drug-likeness (QED) is 0.629. The summed E-state index contributed by atoms with van der Waals surface area (Å²) in [6.07, 6.45) is 2.93. The van der Waals surface area contributed by atoms with Gasteiger partial charge in [-0.15, -0.1) is 5.10 Å². The molecular formula is C22H26ClN5. The second kappa shape index (κ2) is 8.76. The van der Waals surface area contributed by atoms with E-state index in [9.17, 15) is 0 Å². The standard InChI is InChI=1S/C22H26ClN5/c1-18-7-2-3-8-19(18)22-17-24-25-28(22)12-6-11-26-13-15-27(16-14-26)21-10-5-4-9-20(21)23/h2-5,7-10,17H,6,11-16H2,1H3. The third-order valence-electron chi connectivity index (χ3n) is 5.45. The molecule has 0 bridgehead atoms. The molecule has 0 radical (unpaired) electrons. The fraction of sp³-hybridized carbons (Fsp3) is 0.364. The molecule has 0 aliphatic carbocycles. The van der Waals surface area contributed by atoms with Crippen LogP contribution in [0.1, 0.15) is 12.0 Å². The SMILES string of the molecule is Cc1ccccc1-c1cnnn1CCCN1CCN(c2ccccc2Cl)CC1. The van der Waals surface area contributed by atoms with Gasteiger partial charge in [-0.2, -0.15) is 0 Å². The van der Waals surface area contributed by atoms with E-state index in [1.807, 2.05) is 23.0 Å². The molecule has 6 heteroatoms. The molecule has 0 N–H and O–H groups in total. The Morgan fingerprint density at radius 2 is 1.68 bits per heavy atom. The van der Waals surface area contributed by atoms with Crippen molar-refractivity contribution < 1.29 is 0 Å². The van der Waals surface area contributed by atoms with Gasteiger partial charge in [0.25, 0.3) is 0 Å². The van der Waals surface area contributed by atoms with E-state index in [1.54, 1.807) is 0 Å². The molecule has 1 aliphatic heterocycles. The van der Waals surface area contributed by atoms with Crippen molar-refractivity contribution in [2.24, 2.45) is 0 Å². The topological polar surface area (TPSA) is 37.2 Å². The highest BCUT2D eigenvalue weighted by Gasteiger charge is 2.18. The zero-order valence-corrected chi connectivity index (χ0v) is 17.0. The van der Waals surface area contributed by atoms with Crippen LogP contribution in [-0.4, -0.2) is 52.6 Å². The van der Waals surface area contributed by atoms with E-state index in [0.717, 1.165) is 62.1 Å². The first kappa shape index (κ1) is 19.0. The van der Waals surface area contributed by atoms with Crippen LogP contribution in [0.15, 0.2) is 54.7 Å². The van der Waals surface area contributed by atoms with Crippen LogP contribution in [0.25, 0.3) is 11.3 Å². The number of aryl methyl sites for hydroxylation is 2. The second-order valence-corrected chi connectivity index (χ2v) is 7.70. The lowest BCUT2D eigenvalue weighted by atomic mass is 10.1. The van der Waals surface area contributed by atoms with Gasteiger partial charge in [0, 0.05) is 44.8 Å². The largest absolute Gasteiger partial charge is 0.368 e. The zero-order chi connectivity index (χ0) is 19.3. The lowest BCUT2D eigenvalue weighted by Crippen LogP contribution is -2.46. The molecule has 1 aromatic heterocycles. The van der Waals surface area contributed by atoms with Crippen molar-refractivity contribution in [3.05, 3.63) is 65.3 Å². The number of hydrogen-bond acceptors (Lipinski definition) is 4. The van der Waals surface area contributed by atoms with E-state index in [1.165, 1.54) is 11.1 Å². The number of rotatable bonds is 6. The number of halogens is 1. The van der Waals surface area contributed by atoms with E-state index in [2.05, 4.69) is 63.4 Å². The van der Waals surface area contributed by atoms with Crippen molar-refractivity contribution >= 4 is 17.3 Å². The summed E-state index contributed by atoms with van der Waals surface area (Å²) in [6, 6.07) is 16.5. The minimum Gasteiger partial charge on any atom is -0.368 e. The van der Waals surface area contributed by atoms with Crippen LogP contribution < -0.4 is 4.90 Å². The molecule has 0 atom stereocenters. The van der Waals surface area contributed by atoms with E-state index in [0.29, 0.717) is 0 Å². The van der Waals surface area contributed by atoms with Gasteiger partial charge in [-0.3, -0.25) is 4.90 Å². The van der Waals surface area contributed by atoms with Crippen LogP contribution in [0.3, 0.4) is 0 Å². The van der Waals surface area contributed by atoms with Crippen molar-refractivity contribution in [1.82, 2.24) is 19.9 Å². The Morgan fingerprint density at radius 3 is 2.46 bits per heavy atom. The molecule has 0 amide bonds. The molecule has 0 spiro atoms. The van der Waals surface area contributed by atoms with E-state index < -0.39 is 0 Å². The fourth-order valence-corrected chi connectivity index (χ4v) is 4.11. The monoisotopic (exact) mass is 395 g/mol. The molecule has 1 fully saturated rings. The molecule has 1 saturated heterocycles. The van der Waals surface area contributed by atoms with Crippen molar-refractivity contribution in [2.45, 2.75) is 19.9 Å². The Hall–Kier alpha value is -2.37. The Kier molecular flexibility index (Phi) is 5.93. The first-order valence-corrected chi connectivity index (χ1v) is 10.3. The van der Waals surface area contributed by atoms with Gasteiger partial charge in [-0.1, -0.05) is 53.2 Å². The van der Waals surface area contributed by atoms with Crippen LogP contribution in [0.5, 0.6) is 0 Å². The smallest absolute Gasteiger partial charge is 0.0888 e. The molecule has 0 unspecified atom stereocenters. The normalized spacial score (nSPS) is 15.1. The summed E-state index contributed by atoms with van der Waals surface area (Å²) < 4.78 is 2.03. The van der Waals surface area contributed by atoms with Crippen LogP contribution in [0.2, 0.25) is 5.02 Å². The molecule has 0 saturated carbocycles. The molecule has 2 aromatic carbocycles. The molecule has 2 heterocycles. The summed E-state index contributed by atoms with van der Waals surface area (Å²) in [5, 5.41) is 9.28. The third-order valence-corrected chi connectivity index (χ3v) is 5.77. The molecule has 4 rings (SSSR count). The van der Waals surface area contributed by atoms with Gasteiger partial charge in [-0.05, 0) is 31.0 Å². The highest BCUT2D eigenvalue weighted by molar-refractivity contribution is 6.33. The van der Waals surface area contributed by atoms with E-state index in [-0.39, 0.29) is 0 Å². The maximum absolute atomic E-state index is 6.34. The number of hydrogen-bond donors (Lipinski definition) is 0. The van der Waals surface area contributed by atoms with E-state index in [4.69, 9.17) is 11.6 Å². The number of anilines is 1. The average Bonchev–Trinajstić information content (AvgIpc) is 3.18. The molecule has 3 aromatic rings. The van der Waals surface area contributed by atoms with Crippen molar-refractivity contribution in [1.29, 1.82) is 0 Å². The maximum Gasteiger partial charge on any atom is 0.0888 e. The number of benzene rings is 2. The summed E-state index contributed by atoms with van der Waals surface area (Å²) in [6.45, 7) is 8.24. The first-order valence-electron chi connectivity index (χ1n) is 9.89. The third kappa shape index (κ3) is 4.21. The minimum atomic E-state index is 0.839. The van der Waals surface area contributed by atoms with Crippen LogP contribution >= 0.6 is 11.6 Å². The molecule has 28 heavy (non-hydrogen) atoms. The Labute approximate surface area is 171 Å². The summed E-state index contributed by atoms with van der Waals surface area (Å²) >= 11 is 6.34. The van der Waals surface area contributed by atoms with Crippen molar-refractivity contribution in [2.75, 3.05) is 37.6 Å². The summed E-state index contributed by atoms with van der Waals surface area (Å²) in [7, 11) is 0. The van der Waals surface area contributed by atoms with Gasteiger partial charge in [0.05, 0.1) is 22.6 Å². The maximum atomic E-state index is 6.34. The minimum absolute atomic E-state index is 0.839. The summed E-state index contributed by atoms with van der Waals surface area (Å²) in [4.78, 5) is 4.91. The Morgan fingerprint density at radius 1 is 0.929 bits per heavy atom. The van der Waals surface area contributed by atoms with Crippen molar-refractivity contribution in [3.8, 4) is 11.3 Å². The number of nitrogens with zero attached hydrogens (tertiary/aromatic N) is 5. The summed E-state index contributed by atoms with van der Waals surface area (Å²) in [5.74, 6) is 0. The zero-order valence-electron chi connectivity index (χ0n) is 16.3. The first-order chi connectivity index (χ1) is 13.7. The Balaban J connectivity index is 1.29. The highest BCUT2D eigenvalue weighted by Crippen LogP contribution is 2.26. The highest BCUT2D eigenvalue weighted by atomic mass is 35.5. The number of para-hydroxylation sites is 1. The molecular weight excluding hydrogens is 370 g/mol. The van der Waals surface area contributed by atoms with Gasteiger partial charge >= 0.3 is 0 Å². The second-order valence-electron chi connectivity index (χ2n) is 7.29. The predicted molar refractivity (Wildman–Crippen MR) is 115 cm³/mol. The fourth-order valence-electron chi connectivity index (χ4n) is 3.86. The number of aromatic nitrogens is 3.